The van der Waals surface area contributed by atoms with Gasteiger partial charge in [-0.1, -0.05) is 0 Å². The maximum Gasteiger partial charge on any atom is 0.125 e. The highest BCUT2D eigenvalue weighted by atomic mass is 35.5. The summed E-state index contributed by atoms with van der Waals surface area (Å²) in [6.45, 7) is 0. The van der Waals surface area contributed by atoms with E-state index in [9.17, 15) is 0 Å². The Bertz CT molecular complexity index is 355. The quantitative estimate of drug-likeness (QED) is 0.563. The molecule has 0 aromatic heterocycles. The monoisotopic (exact) mass is 338 g/mol. The minimum absolute atomic E-state index is 0.171. The Labute approximate surface area is 124 Å². The Morgan fingerprint density at radius 3 is 1.31 bits per heavy atom. The van der Waals surface area contributed by atoms with Crippen LogP contribution in [-0.2, 0) is 0 Å². The van der Waals surface area contributed by atoms with E-state index in [0.29, 0.717) is 0 Å². The van der Waals surface area contributed by atoms with Gasteiger partial charge in [0.15, 0.2) is 0 Å². The zero-order valence-corrected chi connectivity index (χ0v) is 12.5. The molecule has 90 valence electrons. The van der Waals surface area contributed by atoms with Crippen LogP contribution in [0, 0.1) is 35.5 Å². The van der Waals surface area contributed by atoms with E-state index < -0.39 is 13.0 Å². The lowest BCUT2D eigenvalue weighted by molar-refractivity contribution is 0.569. The third kappa shape index (κ3) is 1.10. The first-order chi connectivity index (χ1) is 7.22. The van der Waals surface area contributed by atoms with Crippen LogP contribution in [0.5, 0.6) is 0 Å². The molecule has 4 fully saturated rings. The topological polar surface area (TPSA) is 0 Å². The molecule has 0 radical (unpaired) electrons. The first-order valence-corrected chi connectivity index (χ1v) is 7.62. The molecule has 0 nitrogen and oxygen atoms in total. The smallest absolute Gasteiger partial charge is 0.101 e. The molecule has 4 aliphatic carbocycles. The third-order valence-corrected chi connectivity index (χ3v) is 8.11. The van der Waals surface area contributed by atoms with Gasteiger partial charge in [0, 0.05) is 23.7 Å². The average molecular weight is 341 g/mol. The zero-order valence-electron chi connectivity index (χ0n) is 7.94. The van der Waals surface area contributed by atoms with Crippen LogP contribution in [-0.4, -0.2) is 13.0 Å². The zero-order chi connectivity index (χ0) is 11.7. The van der Waals surface area contributed by atoms with Crippen LogP contribution in [0.15, 0.2) is 0 Å². The van der Waals surface area contributed by atoms with Crippen molar-refractivity contribution in [2.45, 2.75) is 19.4 Å². The summed E-state index contributed by atoms with van der Waals surface area (Å²) in [6, 6.07) is 0. The van der Waals surface area contributed by atoms with E-state index in [4.69, 9.17) is 69.6 Å². The summed E-state index contributed by atoms with van der Waals surface area (Å²) in [5.74, 6) is 1.32. The second-order valence-corrected chi connectivity index (χ2v) is 9.91. The average Bonchev–Trinajstić information content (AvgIpc) is 2.96. The van der Waals surface area contributed by atoms with E-state index in [1.165, 1.54) is 0 Å². The predicted molar refractivity (Wildman–Crippen MR) is 68.9 cm³/mol. The molecular formula is C10H8Cl6. The number of alkyl halides is 6. The van der Waals surface area contributed by atoms with Gasteiger partial charge in [0.1, 0.15) is 13.0 Å². The van der Waals surface area contributed by atoms with Gasteiger partial charge in [0.25, 0.3) is 0 Å². The summed E-state index contributed by atoms with van der Waals surface area (Å²) in [5.41, 5.74) is 0. The summed E-state index contributed by atoms with van der Waals surface area (Å²) >= 11 is 37.7. The Morgan fingerprint density at radius 1 is 0.562 bits per heavy atom. The van der Waals surface area contributed by atoms with Crippen molar-refractivity contribution < 1.29 is 0 Å². The van der Waals surface area contributed by atoms with Gasteiger partial charge in [0.2, 0.25) is 0 Å². The van der Waals surface area contributed by atoms with Crippen molar-refractivity contribution in [1.29, 1.82) is 0 Å². The number of hydrogen-bond acceptors (Lipinski definition) is 0. The molecule has 0 heterocycles. The molecule has 0 aromatic carbocycles. The Balaban J connectivity index is 1.73. The van der Waals surface area contributed by atoms with Crippen LogP contribution in [0.1, 0.15) is 6.42 Å². The van der Waals surface area contributed by atoms with Crippen LogP contribution in [0.25, 0.3) is 0 Å². The molecule has 0 amide bonds. The molecule has 6 atom stereocenters. The number of halogens is 6. The highest BCUT2D eigenvalue weighted by Gasteiger charge is 2.88. The van der Waals surface area contributed by atoms with Crippen LogP contribution in [0.4, 0.5) is 0 Å². The third-order valence-electron chi connectivity index (χ3n) is 4.97. The van der Waals surface area contributed by atoms with Crippen molar-refractivity contribution in [3.05, 3.63) is 0 Å². The van der Waals surface area contributed by atoms with Gasteiger partial charge in [0.05, 0.1) is 0 Å². The number of fused-ring (bicyclic) bond motifs is 5. The molecule has 0 aliphatic heterocycles. The molecule has 0 spiro atoms. The summed E-state index contributed by atoms with van der Waals surface area (Å²) < 4.78 is -2.04. The van der Waals surface area contributed by atoms with Crippen molar-refractivity contribution >= 4 is 69.6 Å². The Kier molecular flexibility index (Phi) is 2.00. The molecular weight excluding hydrogens is 333 g/mol. The van der Waals surface area contributed by atoms with E-state index in [1.807, 2.05) is 0 Å². The summed E-state index contributed by atoms with van der Waals surface area (Å²) in [7, 11) is 0. The Morgan fingerprint density at radius 2 is 0.938 bits per heavy atom. The molecule has 0 unspecified atom stereocenters. The van der Waals surface area contributed by atoms with Gasteiger partial charge in [-0.05, 0) is 18.3 Å². The lowest BCUT2D eigenvalue weighted by Gasteiger charge is -1.99. The van der Waals surface area contributed by atoms with E-state index in [1.54, 1.807) is 0 Å². The molecule has 4 aliphatic rings. The number of rotatable bonds is 0. The van der Waals surface area contributed by atoms with Gasteiger partial charge >= 0.3 is 0 Å². The normalized spacial score (nSPS) is 61.1. The second kappa shape index (κ2) is 2.76. The molecule has 4 saturated carbocycles. The van der Waals surface area contributed by atoms with Crippen molar-refractivity contribution in [3.63, 3.8) is 0 Å². The highest BCUT2D eigenvalue weighted by Crippen LogP contribution is 2.87. The fourth-order valence-corrected chi connectivity index (χ4v) is 6.75. The van der Waals surface area contributed by atoms with E-state index in [2.05, 4.69) is 0 Å². The van der Waals surface area contributed by atoms with Crippen LogP contribution in [0.2, 0.25) is 0 Å². The predicted octanol–water partition coefficient (Wildman–Crippen LogP) is 4.65. The van der Waals surface area contributed by atoms with Crippen LogP contribution < -0.4 is 0 Å². The van der Waals surface area contributed by atoms with E-state index in [0.717, 1.165) is 6.42 Å². The second-order valence-electron chi connectivity index (χ2n) is 5.58. The van der Waals surface area contributed by atoms with Crippen molar-refractivity contribution in [1.82, 2.24) is 0 Å². The summed E-state index contributed by atoms with van der Waals surface area (Å²) in [4.78, 5) is 0. The fourth-order valence-electron chi connectivity index (χ4n) is 3.99. The highest BCUT2D eigenvalue weighted by molar-refractivity contribution is 6.55. The molecule has 0 aromatic rings. The fraction of sp³-hybridized carbons (Fsp3) is 1.00. The standard InChI is InChI=1S/C10H8Cl6/c11-8(12)2-1-3-5(9(3,13)14)7-6(4(2)8)10(7,15)16/h2-7H,1H2/t2-,3-,4+,5+,6-,7+/m1/s1. The van der Waals surface area contributed by atoms with Crippen molar-refractivity contribution in [2.75, 3.05) is 0 Å². The maximum atomic E-state index is 6.31. The lowest BCUT2D eigenvalue weighted by Crippen LogP contribution is -1.98. The molecule has 0 saturated heterocycles. The first-order valence-electron chi connectivity index (χ1n) is 5.35. The molecule has 6 heteroatoms. The van der Waals surface area contributed by atoms with E-state index in [-0.39, 0.29) is 35.5 Å². The summed E-state index contributed by atoms with van der Waals surface area (Å²) in [6.07, 6.45) is 0.909. The van der Waals surface area contributed by atoms with Crippen LogP contribution >= 0.6 is 69.6 Å². The molecule has 0 N–H and O–H groups in total. The van der Waals surface area contributed by atoms with Crippen LogP contribution in [0.3, 0.4) is 0 Å². The van der Waals surface area contributed by atoms with Gasteiger partial charge in [-0.3, -0.25) is 0 Å². The van der Waals surface area contributed by atoms with E-state index >= 15 is 0 Å². The summed E-state index contributed by atoms with van der Waals surface area (Å²) in [5, 5.41) is 0. The van der Waals surface area contributed by atoms with Gasteiger partial charge < -0.3 is 0 Å². The SMILES string of the molecule is ClC1(Cl)[C@@H]2[C@H]1[C@@H]1[C@@H](C[C@@H]3[C@@H]2C3(Cl)Cl)C1(Cl)Cl. The largest absolute Gasteiger partial charge is 0.125 e. The minimum Gasteiger partial charge on any atom is -0.101 e. The van der Waals surface area contributed by atoms with Crippen molar-refractivity contribution in [3.8, 4) is 0 Å². The molecule has 4 rings (SSSR count). The number of hydrogen-bond donors (Lipinski definition) is 0. The Hall–Kier alpha value is 1.74. The minimum atomic E-state index is -0.719. The van der Waals surface area contributed by atoms with Gasteiger partial charge in [-0.15, -0.1) is 69.6 Å². The maximum absolute atomic E-state index is 6.31. The molecule has 0 bridgehead atoms. The van der Waals surface area contributed by atoms with Gasteiger partial charge in [-0.2, -0.15) is 0 Å². The van der Waals surface area contributed by atoms with Gasteiger partial charge in [-0.25, -0.2) is 0 Å². The molecule has 16 heavy (non-hydrogen) atoms. The lowest BCUT2D eigenvalue weighted by atomic mass is 10.1. The van der Waals surface area contributed by atoms with Crippen molar-refractivity contribution in [2.24, 2.45) is 35.5 Å². The first kappa shape index (κ1) is 11.6.